The lowest BCUT2D eigenvalue weighted by atomic mass is 10.2. The van der Waals surface area contributed by atoms with E-state index >= 15 is 0 Å². The number of allylic oxidation sites excluding steroid dienone is 3. The smallest absolute Gasteiger partial charge is 0.251 e. The lowest BCUT2D eigenvalue weighted by molar-refractivity contribution is -0.119. The Labute approximate surface area is 106 Å². The molecular weight excluding hydrogens is 228 g/mol. The number of benzene rings is 1. The molecule has 0 bridgehead atoms. The van der Waals surface area contributed by atoms with Crippen LogP contribution in [0, 0.1) is 0 Å². The molecule has 0 atom stereocenters. The van der Waals surface area contributed by atoms with Crippen molar-refractivity contribution >= 4 is 23.2 Å². The second-order valence-corrected chi connectivity index (χ2v) is 3.87. The van der Waals surface area contributed by atoms with Gasteiger partial charge in [-0.1, -0.05) is 30.4 Å². The van der Waals surface area contributed by atoms with Crippen molar-refractivity contribution in [1.29, 1.82) is 0 Å². The summed E-state index contributed by atoms with van der Waals surface area (Å²) >= 11 is 0. The number of para-hydroxylation sites is 2. The molecule has 0 fully saturated rings. The Morgan fingerprint density at radius 2 is 2.11 bits per heavy atom. The van der Waals surface area contributed by atoms with E-state index in [1.165, 1.54) is 11.0 Å². The average molecular weight is 242 g/mol. The molecule has 1 aliphatic heterocycles. The molecule has 1 heterocycles. The minimum atomic E-state index is -0.199. The SMILES string of the molecule is CC=CC=CC(=O)N1CC(=O)Nc2ccccc21. The lowest BCUT2D eigenvalue weighted by Crippen LogP contribution is -2.41. The second-order valence-electron chi connectivity index (χ2n) is 3.87. The molecule has 2 rings (SSSR count). The molecule has 1 aliphatic rings. The van der Waals surface area contributed by atoms with Gasteiger partial charge in [0.2, 0.25) is 5.91 Å². The van der Waals surface area contributed by atoms with Crippen LogP contribution in [0.3, 0.4) is 0 Å². The highest BCUT2D eigenvalue weighted by Crippen LogP contribution is 2.28. The van der Waals surface area contributed by atoms with Crippen molar-refractivity contribution in [1.82, 2.24) is 0 Å². The summed E-state index contributed by atoms with van der Waals surface area (Å²) in [5, 5.41) is 2.74. The van der Waals surface area contributed by atoms with E-state index in [1.54, 1.807) is 18.2 Å². The maximum Gasteiger partial charge on any atom is 0.251 e. The van der Waals surface area contributed by atoms with Crippen molar-refractivity contribution in [2.75, 3.05) is 16.8 Å². The fourth-order valence-corrected chi connectivity index (χ4v) is 1.77. The Balaban J connectivity index is 2.28. The van der Waals surface area contributed by atoms with Crippen LogP contribution in [0.4, 0.5) is 11.4 Å². The van der Waals surface area contributed by atoms with Crippen LogP contribution in [0.2, 0.25) is 0 Å². The van der Waals surface area contributed by atoms with Gasteiger partial charge in [-0.2, -0.15) is 0 Å². The highest BCUT2D eigenvalue weighted by molar-refractivity contribution is 6.12. The second kappa shape index (κ2) is 5.31. The standard InChI is InChI=1S/C14H14N2O2/c1-2-3-4-9-14(18)16-10-13(17)15-11-7-5-6-8-12(11)16/h2-9H,10H2,1H3,(H,15,17). The Bertz CT molecular complexity index is 532. The molecule has 0 aliphatic carbocycles. The largest absolute Gasteiger partial charge is 0.323 e. The van der Waals surface area contributed by atoms with Gasteiger partial charge in [-0.3, -0.25) is 14.5 Å². The zero-order valence-corrected chi connectivity index (χ0v) is 10.1. The number of hydrogen-bond acceptors (Lipinski definition) is 2. The molecule has 0 spiro atoms. The first-order valence-electron chi connectivity index (χ1n) is 5.72. The van der Waals surface area contributed by atoms with E-state index in [9.17, 15) is 9.59 Å². The van der Waals surface area contributed by atoms with E-state index in [2.05, 4.69) is 5.32 Å². The number of hydrogen-bond donors (Lipinski definition) is 1. The molecule has 4 nitrogen and oxygen atoms in total. The number of carbonyl (C=O) groups is 2. The van der Waals surface area contributed by atoms with Gasteiger partial charge in [0.05, 0.1) is 11.4 Å². The van der Waals surface area contributed by atoms with Crippen LogP contribution in [0.1, 0.15) is 6.92 Å². The number of nitrogens with zero attached hydrogens (tertiary/aromatic N) is 1. The van der Waals surface area contributed by atoms with Crippen molar-refractivity contribution < 1.29 is 9.59 Å². The highest BCUT2D eigenvalue weighted by atomic mass is 16.2. The van der Waals surface area contributed by atoms with Crippen LogP contribution in [0.5, 0.6) is 0 Å². The molecule has 18 heavy (non-hydrogen) atoms. The summed E-state index contributed by atoms with van der Waals surface area (Å²) in [7, 11) is 0. The van der Waals surface area contributed by atoms with E-state index in [-0.39, 0.29) is 18.4 Å². The summed E-state index contributed by atoms with van der Waals surface area (Å²) in [5.74, 6) is -0.378. The minimum absolute atomic E-state index is 0.0516. The van der Waals surface area contributed by atoms with Gasteiger partial charge in [-0.25, -0.2) is 0 Å². The Kier molecular flexibility index (Phi) is 3.57. The number of amides is 2. The van der Waals surface area contributed by atoms with Gasteiger partial charge in [-0.15, -0.1) is 0 Å². The van der Waals surface area contributed by atoms with Crippen molar-refractivity contribution in [3.63, 3.8) is 0 Å². The first-order valence-corrected chi connectivity index (χ1v) is 5.72. The number of fused-ring (bicyclic) bond motifs is 1. The van der Waals surface area contributed by atoms with Gasteiger partial charge in [0.25, 0.3) is 5.91 Å². The molecule has 0 aromatic heterocycles. The summed E-state index contributed by atoms with van der Waals surface area (Å²) in [6, 6.07) is 7.26. The fourth-order valence-electron chi connectivity index (χ4n) is 1.77. The summed E-state index contributed by atoms with van der Waals surface area (Å²) in [6.45, 7) is 1.93. The topological polar surface area (TPSA) is 49.4 Å². The Morgan fingerprint density at radius 3 is 2.89 bits per heavy atom. The van der Waals surface area contributed by atoms with E-state index < -0.39 is 0 Å². The molecule has 1 aromatic rings. The van der Waals surface area contributed by atoms with E-state index in [4.69, 9.17) is 0 Å². The molecule has 0 saturated heterocycles. The molecule has 92 valence electrons. The van der Waals surface area contributed by atoms with Gasteiger partial charge in [0.1, 0.15) is 6.54 Å². The van der Waals surface area contributed by atoms with Crippen LogP contribution < -0.4 is 10.2 Å². The molecule has 4 heteroatoms. The fraction of sp³-hybridized carbons (Fsp3) is 0.143. The van der Waals surface area contributed by atoms with Crippen molar-refractivity contribution in [2.24, 2.45) is 0 Å². The van der Waals surface area contributed by atoms with Crippen molar-refractivity contribution in [2.45, 2.75) is 6.92 Å². The van der Waals surface area contributed by atoms with Crippen LogP contribution in [0.15, 0.2) is 48.6 Å². The third kappa shape index (κ3) is 2.48. The molecule has 0 unspecified atom stereocenters. The highest BCUT2D eigenvalue weighted by Gasteiger charge is 2.24. The predicted molar refractivity (Wildman–Crippen MR) is 71.4 cm³/mol. The third-order valence-electron chi connectivity index (χ3n) is 2.58. The van der Waals surface area contributed by atoms with E-state index in [0.29, 0.717) is 5.69 Å². The molecular formula is C14H14N2O2. The normalized spacial score (nSPS) is 14.9. The zero-order chi connectivity index (χ0) is 13.0. The zero-order valence-electron chi connectivity index (χ0n) is 10.1. The average Bonchev–Trinajstić information content (AvgIpc) is 2.38. The van der Waals surface area contributed by atoms with Crippen LogP contribution in [-0.4, -0.2) is 18.4 Å². The van der Waals surface area contributed by atoms with Gasteiger partial charge in [0, 0.05) is 6.08 Å². The van der Waals surface area contributed by atoms with Gasteiger partial charge < -0.3 is 5.32 Å². The Hall–Kier alpha value is -2.36. The van der Waals surface area contributed by atoms with Gasteiger partial charge in [-0.05, 0) is 19.1 Å². The van der Waals surface area contributed by atoms with Crippen LogP contribution in [-0.2, 0) is 9.59 Å². The predicted octanol–water partition coefficient (Wildman–Crippen LogP) is 2.10. The van der Waals surface area contributed by atoms with Crippen LogP contribution >= 0.6 is 0 Å². The summed E-state index contributed by atoms with van der Waals surface area (Å²) in [4.78, 5) is 25.0. The Morgan fingerprint density at radius 1 is 1.33 bits per heavy atom. The number of anilines is 2. The maximum absolute atomic E-state index is 12.0. The van der Waals surface area contributed by atoms with Crippen LogP contribution in [0.25, 0.3) is 0 Å². The number of carbonyl (C=O) groups excluding carboxylic acids is 2. The molecule has 1 N–H and O–H groups in total. The van der Waals surface area contributed by atoms with Gasteiger partial charge in [0.15, 0.2) is 0 Å². The minimum Gasteiger partial charge on any atom is -0.323 e. The van der Waals surface area contributed by atoms with E-state index in [0.717, 1.165) is 5.69 Å². The van der Waals surface area contributed by atoms with Gasteiger partial charge >= 0.3 is 0 Å². The number of nitrogens with one attached hydrogen (secondary N) is 1. The third-order valence-corrected chi connectivity index (χ3v) is 2.58. The van der Waals surface area contributed by atoms with E-state index in [1.807, 2.05) is 31.2 Å². The summed E-state index contributed by atoms with van der Waals surface area (Å²) < 4.78 is 0. The summed E-state index contributed by atoms with van der Waals surface area (Å²) in [6.07, 6.45) is 6.72. The maximum atomic E-state index is 12.0. The summed E-state index contributed by atoms with van der Waals surface area (Å²) in [5.41, 5.74) is 1.40. The molecule has 0 saturated carbocycles. The lowest BCUT2D eigenvalue weighted by Gasteiger charge is -2.28. The first-order chi connectivity index (χ1) is 8.72. The van der Waals surface area contributed by atoms with Crippen molar-refractivity contribution in [3.8, 4) is 0 Å². The molecule has 1 aromatic carbocycles. The number of rotatable bonds is 2. The first kappa shape index (κ1) is 12.1. The van der Waals surface area contributed by atoms with Crippen molar-refractivity contribution in [3.05, 3.63) is 48.6 Å². The monoisotopic (exact) mass is 242 g/mol. The molecule has 2 amide bonds. The molecule has 0 radical (unpaired) electrons. The quantitative estimate of drug-likeness (QED) is 0.637.